The van der Waals surface area contributed by atoms with Crippen molar-refractivity contribution in [3.8, 4) is 11.5 Å². The fraction of sp³-hybridized carbons (Fsp3) is 0.333. The van der Waals surface area contributed by atoms with Gasteiger partial charge in [0.2, 0.25) is 0 Å². The summed E-state index contributed by atoms with van der Waals surface area (Å²) >= 11 is 0. The summed E-state index contributed by atoms with van der Waals surface area (Å²) in [5.41, 5.74) is 4.01. The number of aryl methyl sites for hydroxylation is 1. The van der Waals surface area contributed by atoms with Crippen LogP contribution in [0.2, 0.25) is 0 Å². The van der Waals surface area contributed by atoms with Crippen LogP contribution in [0.25, 0.3) is 11.0 Å². The van der Waals surface area contributed by atoms with Crippen molar-refractivity contribution in [2.75, 3.05) is 20.3 Å². The zero-order chi connectivity index (χ0) is 25.3. The van der Waals surface area contributed by atoms with Crippen molar-refractivity contribution in [1.29, 1.82) is 0 Å². The minimum atomic E-state index is -0.102. The number of aromatic nitrogens is 2. The molecule has 4 rings (SSSR count). The summed E-state index contributed by atoms with van der Waals surface area (Å²) < 4.78 is 13.5. The minimum Gasteiger partial charge on any atom is -0.497 e. The Balaban J connectivity index is 1.34. The first-order chi connectivity index (χ1) is 17.6. The molecule has 1 atom stereocenters. The van der Waals surface area contributed by atoms with E-state index in [-0.39, 0.29) is 5.91 Å². The van der Waals surface area contributed by atoms with Crippen LogP contribution in [-0.4, -0.2) is 35.7 Å². The smallest absolute Gasteiger partial charge is 0.251 e. The maximum Gasteiger partial charge on any atom is 0.251 e. The van der Waals surface area contributed by atoms with E-state index in [0.29, 0.717) is 36.9 Å². The van der Waals surface area contributed by atoms with Crippen molar-refractivity contribution in [2.24, 2.45) is 0 Å². The molecule has 1 aromatic heterocycles. The highest BCUT2D eigenvalue weighted by atomic mass is 16.5. The van der Waals surface area contributed by atoms with Gasteiger partial charge in [-0.15, -0.1) is 0 Å². The molecule has 188 valence electrons. The van der Waals surface area contributed by atoms with E-state index in [2.05, 4.69) is 54.1 Å². The lowest BCUT2D eigenvalue weighted by Crippen LogP contribution is -2.25. The summed E-state index contributed by atoms with van der Waals surface area (Å²) in [7, 11) is 1.59. The molecule has 36 heavy (non-hydrogen) atoms. The number of benzene rings is 3. The number of fused-ring (bicyclic) bond motifs is 1. The maximum absolute atomic E-state index is 12.5. The van der Waals surface area contributed by atoms with E-state index >= 15 is 0 Å². The summed E-state index contributed by atoms with van der Waals surface area (Å²) in [5.74, 6) is 3.01. The number of rotatable bonds is 12. The Morgan fingerprint density at radius 3 is 2.61 bits per heavy atom. The van der Waals surface area contributed by atoms with Crippen LogP contribution in [0.3, 0.4) is 0 Å². The average Bonchev–Trinajstić information content (AvgIpc) is 3.28. The first-order valence-electron chi connectivity index (χ1n) is 12.7. The van der Waals surface area contributed by atoms with Crippen LogP contribution >= 0.6 is 0 Å². The number of nitrogens with zero attached hydrogens (tertiary/aromatic N) is 2. The molecule has 0 aliphatic carbocycles. The van der Waals surface area contributed by atoms with Crippen LogP contribution in [0, 0.1) is 0 Å². The second kappa shape index (κ2) is 12.2. The highest BCUT2D eigenvalue weighted by molar-refractivity contribution is 5.94. The molecule has 0 saturated heterocycles. The van der Waals surface area contributed by atoms with Gasteiger partial charge in [0.25, 0.3) is 5.91 Å². The fourth-order valence-corrected chi connectivity index (χ4v) is 4.26. The zero-order valence-corrected chi connectivity index (χ0v) is 21.4. The number of carbonyl (C=O) groups excluding carboxylic acids is 1. The molecule has 0 bridgehead atoms. The van der Waals surface area contributed by atoms with Gasteiger partial charge < -0.3 is 19.4 Å². The van der Waals surface area contributed by atoms with Crippen LogP contribution in [-0.2, 0) is 13.0 Å². The van der Waals surface area contributed by atoms with Gasteiger partial charge >= 0.3 is 0 Å². The standard InChI is InChI=1S/C30H35N3O3/c1-4-22(2)23-14-16-25(17-15-23)36-20-19-33-28-12-6-5-11-27(28)32-29(33)13-8-18-31-30(34)24-9-7-10-26(21-24)35-3/h5-7,9-12,14-17,21-22H,4,8,13,18-20H2,1-3H3,(H,31,34). The molecular weight excluding hydrogens is 450 g/mol. The summed E-state index contributed by atoms with van der Waals surface area (Å²) in [4.78, 5) is 17.3. The number of imidazole rings is 1. The van der Waals surface area contributed by atoms with E-state index in [1.54, 1.807) is 19.2 Å². The summed E-state index contributed by atoms with van der Waals surface area (Å²) in [5, 5.41) is 3.00. The lowest BCUT2D eigenvalue weighted by atomic mass is 9.99. The van der Waals surface area contributed by atoms with E-state index in [0.717, 1.165) is 41.9 Å². The van der Waals surface area contributed by atoms with Crippen molar-refractivity contribution in [3.05, 3.63) is 89.7 Å². The third-order valence-electron chi connectivity index (χ3n) is 6.57. The predicted octanol–water partition coefficient (Wildman–Crippen LogP) is 6.00. The molecular formula is C30H35N3O3. The molecule has 6 heteroatoms. The molecule has 0 aliphatic rings. The van der Waals surface area contributed by atoms with Crippen molar-refractivity contribution >= 4 is 16.9 Å². The van der Waals surface area contributed by atoms with Crippen molar-refractivity contribution < 1.29 is 14.3 Å². The van der Waals surface area contributed by atoms with Crippen molar-refractivity contribution in [3.63, 3.8) is 0 Å². The van der Waals surface area contributed by atoms with Crippen LogP contribution in [0.4, 0.5) is 0 Å². The first kappa shape index (κ1) is 25.3. The topological polar surface area (TPSA) is 65.4 Å². The molecule has 0 saturated carbocycles. The van der Waals surface area contributed by atoms with E-state index < -0.39 is 0 Å². The van der Waals surface area contributed by atoms with Gasteiger partial charge in [0.15, 0.2) is 0 Å². The van der Waals surface area contributed by atoms with Crippen molar-refractivity contribution in [2.45, 2.75) is 45.6 Å². The largest absolute Gasteiger partial charge is 0.497 e. The minimum absolute atomic E-state index is 0.102. The van der Waals surface area contributed by atoms with E-state index in [1.165, 1.54) is 5.56 Å². The van der Waals surface area contributed by atoms with Crippen molar-refractivity contribution in [1.82, 2.24) is 14.9 Å². The fourth-order valence-electron chi connectivity index (χ4n) is 4.26. The van der Waals surface area contributed by atoms with E-state index in [4.69, 9.17) is 14.5 Å². The number of methoxy groups -OCH3 is 1. The number of amides is 1. The average molecular weight is 486 g/mol. The highest BCUT2D eigenvalue weighted by Gasteiger charge is 2.12. The molecule has 1 N–H and O–H groups in total. The lowest BCUT2D eigenvalue weighted by molar-refractivity contribution is 0.0952. The second-order valence-electron chi connectivity index (χ2n) is 8.99. The van der Waals surface area contributed by atoms with Crippen LogP contribution in [0.5, 0.6) is 11.5 Å². The zero-order valence-electron chi connectivity index (χ0n) is 21.4. The molecule has 1 unspecified atom stereocenters. The molecule has 0 spiro atoms. The number of carbonyl (C=O) groups is 1. The Morgan fingerprint density at radius 1 is 1.03 bits per heavy atom. The molecule has 0 fully saturated rings. The quantitative estimate of drug-likeness (QED) is 0.250. The van der Waals surface area contributed by atoms with Crippen LogP contribution in [0.15, 0.2) is 72.8 Å². The van der Waals surface area contributed by atoms with Gasteiger partial charge in [-0.1, -0.05) is 44.2 Å². The SMILES string of the molecule is CCC(C)c1ccc(OCCn2c(CCCNC(=O)c3cccc(OC)c3)nc3ccccc32)cc1. The number of hydrogen-bond acceptors (Lipinski definition) is 4. The molecule has 0 aliphatic heterocycles. The maximum atomic E-state index is 12.5. The third kappa shape index (κ3) is 6.25. The molecule has 6 nitrogen and oxygen atoms in total. The number of para-hydroxylation sites is 2. The van der Waals surface area contributed by atoms with Crippen LogP contribution in [0.1, 0.15) is 54.4 Å². The van der Waals surface area contributed by atoms with Gasteiger partial charge in [0, 0.05) is 18.5 Å². The summed E-state index contributed by atoms with van der Waals surface area (Å²) in [6, 6.07) is 23.8. The second-order valence-corrected chi connectivity index (χ2v) is 8.99. The van der Waals surface area contributed by atoms with Gasteiger partial charge in [0.05, 0.1) is 24.7 Å². The molecule has 1 heterocycles. The predicted molar refractivity (Wildman–Crippen MR) is 144 cm³/mol. The third-order valence-corrected chi connectivity index (χ3v) is 6.57. The van der Waals surface area contributed by atoms with E-state index in [1.807, 2.05) is 30.3 Å². The van der Waals surface area contributed by atoms with Gasteiger partial charge in [-0.2, -0.15) is 0 Å². The first-order valence-corrected chi connectivity index (χ1v) is 12.7. The number of hydrogen-bond donors (Lipinski definition) is 1. The Hall–Kier alpha value is -3.80. The number of ether oxygens (including phenoxy) is 2. The van der Waals surface area contributed by atoms with Gasteiger partial charge in [-0.3, -0.25) is 4.79 Å². The molecule has 3 aromatic carbocycles. The molecule has 1 amide bonds. The molecule has 0 radical (unpaired) electrons. The van der Waals surface area contributed by atoms with Gasteiger partial charge in [-0.25, -0.2) is 4.98 Å². The van der Waals surface area contributed by atoms with Gasteiger partial charge in [0.1, 0.15) is 23.9 Å². The Morgan fingerprint density at radius 2 is 1.83 bits per heavy atom. The highest BCUT2D eigenvalue weighted by Crippen LogP contribution is 2.22. The summed E-state index contributed by atoms with van der Waals surface area (Å²) in [6.07, 6.45) is 2.68. The summed E-state index contributed by atoms with van der Waals surface area (Å²) in [6.45, 7) is 6.28. The van der Waals surface area contributed by atoms with Gasteiger partial charge in [-0.05, 0) is 66.8 Å². The Kier molecular flexibility index (Phi) is 8.61. The molecule has 4 aromatic rings. The lowest BCUT2D eigenvalue weighted by Gasteiger charge is -2.13. The Bertz CT molecular complexity index is 1280. The monoisotopic (exact) mass is 485 g/mol. The normalized spacial score (nSPS) is 11.9. The Labute approximate surface area is 213 Å². The van der Waals surface area contributed by atoms with E-state index in [9.17, 15) is 4.79 Å². The van der Waals surface area contributed by atoms with Crippen LogP contribution < -0.4 is 14.8 Å². The number of nitrogens with one attached hydrogen (secondary N) is 1.